The molecule has 1 atom stereocenters. The first-order valence-electron chi connectivity index (χ1n) is 10.3. The lowest BCUT2D eigenvalue weighted by atomic mass is 10.1. The maximum absolute atomic E-state index is 12.7. The summed E-state index contributed by atoms with van der Waals surface area (Å²) >= 11 is 3.50. The lowest BCUT2D eigenvalue weighted by Gasteiger charge is -2.33. The number of nitrogens with one attached hydrogen (secondary N) is 1. The van der Waals surface area contributed by atoms with Crippen LogP contribution < -0.4 is 10.2 Å². The van der Waals surface area contributed by atoms with Gasteiger partial charge in [-0.2, -0.15) is 0 Å². The van der Waals surface area contributed by atoms with Crippen molar-refractivity contribution >= 4 is 27.8 Å². The van der Waals surface area contributed by atoms with Crippen LogP contribution in [0.25, 0.3) is 0 Å². The smallest absolute Gasteiger partial charge is 0.317 e. The highest BCUT2D eigenvalue weighted by atomic mass is 79.9. The SMILES string of the molecule is O=C(NCc1ccc(N2CCCCC2)nc1)N1CCOC(c2cccc(Br)c2)C1. The molecule has 0 aliphatic carbocycles. The predicted octanol–water partition coefficient (Wildman–Crippen LogP) is 4.12. The van der Waals surface area contributed by atoms with Gasteiger partial charge in [-0.1, -0.05) is 34.1 Å². The first-order valence-corrected chi connectivity index (χ1v) is 11.1. The van der Waals surface area contributed by atoms with Crippen LogP contribution in [0.15, 0.2) is 47.1 Å². The zero-order valence-electron chi connectivity index (χ0n) is 16.5. The monoisotopic (exact) mass is 458 g/mol. The van der Waals surface area contributed by atoms with Crippen molar-refractivity contribution in [2.24, 2.45) is 0 Å². The summed E-state index contributed by atoms with van der Waals surface area (Å²) < 4.78 is 6.89. The largest absolute Gasteiger partial charge is 0.370 e. The quantitative estimate of drug-likeness (QED) is 0.748. The highest BCUT2D eigenvalue weighted by Gasteiger charge is 2.25. The van der Waals surface area contributed by atoms with Crippen molar-refractivity contribution < 1.29 is 9.53 Å². The highest BCUT2D eigenvalue weighted by molar-refractivity contribution is 9.10. The number of aromatic nitrogens is 1. The Morgan fingerprint density at radius 2 is 2.03 bits per heavy atom. The molecule has 2 aliphatic rings. The maximum atomic E-state index is 12.7. The summed E-state index contributed by atoms with van der Waals surface area (Å²) in [5, 5.41) is 3.02. The van der Waals surface area contributed by atoms with Crippen LogP contribution >= 0.6 is 15.9 Å². The standard InChI is InChI=1S/C22H27BrN4O2/c23-19-6-4-5-18(13-19)20-16-27(11-12-29-20)22(28)25-15-17-7-8-21(24-14-17)26-9-2-1-3-10-26/h4-8,13-14,20H,1-3,9-12,15-16H2,(H,25,28). The van der Waals surface area contributed by atoms with Gasteiger partial charge in [0.15, 0.2) is 0 Å². The van der Waals surface area contributed by atoms with Gasteiger partial charge in [-0.05, 0) is 48.6 Å². The van der Waals surface area contributed by atoms with Gasteiger partial charge >= 0.3 is 6.03 Å². The fourth-order valence-corrected chi connectivity index (χ4v) is 4.28. The highest BCUT2D eigenvalue weighted by Crippen LogP contribution is 2.25. The number of benzene rings is 1. The van der Waals surface area contributed by atoms with Gasteiger partial charge in [-0.15, -0.1) is 0 Å². The molecule has 0 bridgehead atoms. The van der Waals surface area contributed by atoms with Gasteiger partial charge in [0.05, 0.1) is 13.2 Å². The third kappa shape index (κ3) is 5.28. The molecule has 0 spiro atoms. The van der Waals surface area contributed by atoms with E-state index < -0.39 is 0 Å². The molecular weight excluding hydrogens is 432 g/mol. The molecule has 29 heavy (non-hydrogen) atoms. The number of hydrogen-bond acceptors (Lipinski definition) is 4. The van der Waals surface area contributed by atoms with Gasteiger partial charge in [-0.3, -0.25) is 0 Å². The number of morpholine rings is 1. The summed E-state index contributed by atoms with van der Waals surface area (Å²) in [6.07, 6.45) is 5.55. The van der Waals surface area contributed by atoms with E-state index in [1.54, 1.807) is 0 Å². The number of rotatable bonds is 4. The number of urea groups is 1. The van der Waals surface area contributed by atoms with Crippen LogP contribution in [0.1, 0.15) is 36.5 Å². The number of piperidine rings is 1. The number of amides is 2. The van der Waals surface area contributed by atoms with Gasteiger partial charge < -0.3 is 19.9 Å². The minimum Gasteiger partial charge on any atom is -0.370 e. The summed E-state index contributed by atoms with van der Waals surface area (Å²) in [7, 11) is 0. The van der Waals surface area contributed by atoms with Crippen molar-refractivity contribution in [3.63, 3.8) is 0 Å². The van der Waals surface area contributed by atoms with E-state index in [1.807, 2.05) is 35.4 Å². The van der Waals surface area contributed by atoms with E-state index in [1.165, 1.54) is 19.3 Å². The van der Waals surface area contributed by atoms with E-state index in [-0.39, 0.29) is 12.1 Å². The molecular formula is C22H27BrN4O2. The lowest BCUT2D eigenvalue weighted by molar-refractivity contribution is -0.0155. The molecule has 2 aromatic rings. The number of carbonyl (C=O) groups excluding carboxylic acids is 1. The average molecular weight is 459 g/mol. The molecule has 0 saturated carbocycles. The van der Waals surface area contributed by atoms with Crippen LogP contribution in [0.4, 0.5) is 10.6 Å². The normalized spacial score (nSPS) is 19.8. The number of pyridine rings is 1. The van der Waals surface area contributed by atoms with Crippen LogP contribution in [0.3, 0.4) is 0 Å². The van der Waals surface area contributed by atoms with E-state index in [2.05, 4.69) is 43.3 Å². The van der Waals surface area contributed by atoms with Crippen LogP contribution in [0.5, 0.6) is 0 Å². The number of anilines is 1. The maximum Gasteiger partial charge on any atom is 0.317 e. The van der Waals surface area contributed by atoms with Gasteiger partial charge in [0.25, 0.3) is 0 Å². The number of nitrogens with zero attached hydrogens (tertiary/aromatic N) is 3. The Balaban J connectivity index is 1.30. The van der Waals surface area contributed by atoms with Gasteiger partial charge in [0, 0.05) is 36.8 Å². The Hall–Kier alpha value is -2.12. The summed E-state index contributed by atoms with van der Waals surface area (Å²) in [6, 6.07) is 12.1. The molecule has 0 radical (unpaired) electrons. The van der Waals surface area contributed by atoms with E-state index in [4.69, 9.17) is 4.74 Å². The van der Waals surface area contributed by atoms with Crippen molar-refractivity contribution in [2.75, 3.05) is 37.7 Å². The van der Waals surface area contributed by atoms with Gasteiger partial charge in [0.2, 0.25) is 0 Å². The van der Waals surface area contributed by atoms with Crippen LogP contribution in [-0.4, -0.2) is 48.7 Å². The summed E-state index contributed by atoms with van der Waals surface area (Å²) in [4.78, 5) is 21.4. The van der Waals surface area contributed by atoms with Crippen LogP contribution in [0, 0.1) is 0 Å². The molecule has 2 saturated heterocycles. The molecule has 3 heterocycles. The molecule has 2 fully saturated rings. The van der Waals surface area contributed by atoms with Crippen LogP contribution in [0.2, 0.25) is 0 Å². The number of hydrogen-bond donors (Lipinski definition) is 1. The molecule has 1 N–H and O–H groups in total. The van der Waals surface area contributed by atoms with E-state index in [0.717, 1.165) is 34.5 Å². The fourth-order valence-electron chi connectivity index (χ4n) is 3.86. The zero-order chi connectivity index (χ0) is 20.1. The molecule has 1 unspecified atom stereocenters. The summed E-state index contributed by atoms with van der Waals surface area (Å²) in [5.41, 5.74) is 2.09. The Morgan fingerprint density at radius 1 is 1.17 bits per heavy atom. The number of ether oxygens (including phenoxy) is 1. The Morgan fingerprint density at radius 3 is 2.79 bits per heavy atom. The van der Waals surface area contributed by atoms with E-state index in [9.17, 15) is 4.79 Å². The number of carbonyl (C=O) groups is 1. The van der Waals surface area contributed by atoms with Gasteiger partial charge in [0.1, 0.15) is 11.9 Å². The molecule has 1 aromatic heterocycles. The molecule has 6 nitrogen and oxygen atoms in total. The second-order valence-electron chi connectivity index (χ2n) is 7.59. The third-order valence-corrected chi connectivity index (χ3v) is 6.00. The van der Waals surface area contributed by atoms with Crippen molar-refractivity contribution in [3.8, 4) is 0 Å². The van der Waals surface area contributed by atoms with Crippen molar-refractivity contribution in [1.29, 1.82) is 0 Å². The topological polar surface area (TPSA) is 57.7 Å². The molecule has 7 heteroatoms. The predicted molar refractivity (Wildman–Crippen MR) is 117 cm³/mol. The first kappa shape index (κ1) is 20.2. The Bertz CT molecular complexity index is 824. The summed E-state index contributed by atoms with van der Waals surface area (Å²) in [6.45, 7) is 4.33. The van der Waals surface area contributed by atoms with Crippen molar-refractivity contribution in [3.05, 3.63) is 58.2 Å². The van der Waals surface area contributed by atoms with Crippen molar-refractivity contribution in [1.82, 2.24) is 15.2 Å². The Labute approximate surface area is 180 Å². The Kier molecular flexibility index (Phi) is 6.67. The third-order valence-electron chi connectivity index (χ3n) is 5.51. The fraction of sp³-hybridized carbons (Fsp3) is 0.455. The first-order chi connectivity index (χ1) is 14.2. The van der Waals surface area contributed by atoms with E-state index in [0.29, 0.717) is 26.2 Å². The summed E-state index contributed by atoms with van der Waals surface area (Å²) in [5.74, 6) is 1.03. The second-order valence-corrected chi connectivity index (χ2v) is 8.51. The van der Waals surface area contributed by atoms with E-state index >= 15 is 0 Å². The van der Waals surface area contributed by atoms with Gasteiger partial charge in [-0.25, -0.2) is 9.78 Å². The van der Waals surface area contributed by atoms with Crippen molar-refractivity contribution in [2.45, 2.75) is 31.9 Å². The molecule has 1 aromatic carbocycles. The molecule has 154 valence electrons. The molecule has 4 rings (SSSR count). The second kappa shape index (κ2) is 9.59. The minimum absolute atomic E-state index is 0.0617. The molecule has 2 aliphatic heterocycles. The molecule has 2 amide bonds. The number of halogens is 1. The van der Waals surface area contributed by atoms with Crippen LogP contribution in [-0.2, 0) is 11.3 Å². The average Bonchev–Trinajstić information content (AvgIpc) is 2.78. The lowest BCUT2D eigenvalue weighted by Crippen LogP contribution is -2.46. The minimum atomic E-state index is -0.0995. The zero-order valence-corrected chi connectivity index (χ0v) is 18.1.